The predicted octanol–water partition coefficient (Wildman–Crippen LogP) is 6.01. The van der Waals surface area contributed by atoms with Crippen molar-refractivity contribution >= 4 is 24.8 Å². The van der Waals surface area contributed by atoms with E-state index in [2.05, 4.69) is 21.5 Å². The first-order valence-electron chi connectivity index (χ1n) is 12.3. The summed E-state index contributed by atoms with van der Waals surface area (Å²) in [6.45, 7) is 7.17. The molecule has 2 saturated heterocycles. The highest BCUT2D eigenvalue weighted by atomic mass is 35.5. The van der Waals surface area contributed by atoms with Crippen LogP contribution in [0, 0.1) is 5.92 Å². The maximum absolute atomic E-state index is 12.8. The Kier molecular flexibility index (Phi) is 10.8. The number of likely N-dealkylation sites (tertiary alicyclic amines) is 2. The summed E-state index contributed by atoms with van der Waals surface area (Å²) in [5.41, 5.74) is -0.151. The zero-order valence-electron chi connectivity index (χ0n) is 19.9. The highest BCUT2D eigenvalue weighted by Gasteiger charge is 2.44. The summed E-state index contributed by atoms with van der Waals surface area (Å²) in [5.74, 6) is -0.0174. The van der Waals surface area contributed by atoms with Crippen molar-refractivity contribution in [1.82, 2.24) is 9.80 Å². The molecule has 3 fully saturated rings. The van der Waals surface area contributed by atoms with Crippen molar-refractivity contribution in [3.63, 3.8) is 0 Å². The summed E-state index contributed by atoms with van der Waals surface area (Å²) in [5, 5.41) is 11.6. The second-order valence-electron chi connectivity index (χ2n) is 10.3. The monoisotopic (exact) mass is 526 g/mol. The molecule has 0 spiro atoms. The second kappa shape index (κ2) is 12.5. The average Bonchev–Trinajstić information content (AvgIpc) is 3.11. The predicted molar refractivity (Wildman–Crippen MR) is 133 cm³/mol. The van der Waals surface area contributed by atoms with Gasteiger partial charge < -0.3 is 19.6 Å². The van der Waals surface area contributed by atoms with Crippen molar-refractivity contribution in [3.05, 3.63) is 29.8 Å². The first-order chi connectivity index (χ1) is 15.2. The minimum Gasteiger partial charge on any atom is -0.406 e. The van der Waals surface area contributed by atoms with Crippen LogP contribution in [-0.2, 0) is 0 Å². The van der Waals surface area contributed by atoms with Gasteiger partial charge >= 0.3 is 6.36 Å². The number of hydrogen-bond donors (Lipinski definition) is 1. The number of hydrogen-bond acceptors (Lipinski definition) is 4. The van der Waals surface area contributed by atoms with Gasteiger partial charge in [-0.2, -0.15) is 0 Å². The van der Waals surface area contributed by atoms with Crippen LogP contribution < -0.4 is 4.74 Å². The summed E-state index contributed by atoms with van der Waals surface area (Å²) in [6.07, 6.45) is 3.78. The summed E-state index contributed by atoms with van der Waals surface area (Å²) >= 11 is 0. The Labute approximate surface area is 214 Å². The fourth-order valence-corrected chi connectivity index (χ4v) is 6.14. The van der Waals surface area contributed by atoms with Crippen LogP contribution >= 0.6 is 24.8 Å². The lowest BCUT2D eigenvalue weighted by Gasteiger charge is -2.43. The van der Waals surface area contributed by atoms with Crippen molar-refractivity contribution in [2.45, 2.75) is 82.2 Å². The first-order valence-corrected chi connectivity index (χ1v) is 12.3. The molecule has 2 aliphatic heterocycles. The van der Waals surface area contributed by atoms with E-state index in [1.54, 1.807) is 6.07 Å². The fraction of sp³-hybridized carbons (Fsp3) is 0.760. The van der Waals surface area contributed by atoms with Crippen LogP contribution in [0.2, 0.25) is 0 Å². The van der Waals surface area contributed by atoms with Gasteiger partial charge in [-0.25, -0.2) is 0 Å². The molecule has 0 radical (unpaired) electrons. The molecule has 3 aliphatic rings. The van der Waals surface area contributed by atoms with Crippen LogP contribution in [0.1, 0.15) is 69.8 Å². The van der Waals surface area contributed by atoms with Crippen molar-refractivity contribution in [2.24, 2.45) is 5.92 Å². The standard InChI is InChI=1S/C25H37F3N2O2.2ClH/c1-19-8-11-24(31,17-19)23(20-6-5-7-22(16-20)32-25(26,27)28)18-29-14-9-21(10-15-29)30-12-3-2-4-13-30;;/h5-7,16,19,21,23,31H,2-4,8-15,17-18H2,1H3;2*1H/t19-,23?,24?;;/m1../s1. The van der Waals surface area contributed by atoms with Crippen molar-refractivity contribution < 1.29 is 23.0 Å². The highest BCUT2D eigenvalue weighted by Crippen LogP contribution is 2.45. The van der Waals surface area contributed by atoms with E-state index in [0.717, 1.165) is 37.9 Å². The molecule has 0 aromatic heterocycles. The summed E-state index contributed by atoms with van der Waals surface area (Å²) in [4.78, 5) is 5.05. The summed E-state index contributed by atoms with van der Waals surface area (Å²) < 4.78 is 42.5. The van der Waals surface area contributed by atoms with Gasteiger partial charge in [-0.15, -0.1) is 38.0 Å². The van der Waals surface area contributed by atoms with Gasteiger partial charge in [-0.1, -0.05) is 25.5 Å². The van der Waals surface area contributed by atoms with Crippen LogP contribution in [0.15, 0.2) is 24.3 Å². The number of nitrogens with zero attached hydrogens (tertiary/aromatic N) is 2. The van der Waals surface area contributed by atoms with Crippen LogP contribution in [-0.4, -0.2) is 65.6 Å². The molecule has 2 unspecified atom stereocenters. The van der Waals surface area contributed by atoms with Gasteiger partial charge in [0, 0.05) is 18.5 Å². The van der Waals surface area contributed by atoms with Crippen molar-refractivity contribution in [2.75, 3.05) is 32.7 Å². The van der Waals surface area contributed by atoms with E-state index in [-0.39, 0.29) is 36.5 Å². The lowest BCUT2D eigenvalue weighted by molar-refractivity contribution is -0.274. The number of halogens is 5. The Balaban J connectivity index is 0.00000204. The maximum Gasteiger partial charge on any atom is 0.573 e. The molecule has 34 heavy (non-hydrogen) atoms. The van der Waals surface area contributed by atoms with Crippen LogP contribution in [0.25, 0.3) is 0 Å². The Morgan fingerprint density at radius 3 is 2.32 bits per heavy atom. The molecule has 2 heterocycles. The molecular formula is C25H39Cl2F3N2O2. The van der Waals surface area contributed by atoms with Crippen molar-refractivity contribution in [3.8, 4) is 5.75 Å². The molecule has 4 rings (SSSR count). The topological polar surface area (TPSA) is 35.9 Å². The highest BCUT2D eigenvalue weighted by molar-refractivity contribution is 5.85. The lowest BCUT2D eigenvalue weighted by atomic mass is 9.79. The van der Waals surface area contributed by atoms with Gasteiger partial charge in [0.05, 0.1) is 5.60 Å². The molecular weight excluding hydrogens is 488 g/mol. The maximum atomic E-state index is 12.8. The number of piperidine rings is 2. The smallest absolute Gasteiger partial charge is 0.406 e. The molecule has 4 nitrogen and oxygen atoms in total. The normalized spacial score (nSPS) is 28.1. The quantitative estimate of drug-likeness (QED) is 0.492. The molecule has 3 atom stereocenters. The van der Waals surface area contributed by atoms with Crippen LogP contribution in [0.3, 0.4) is 0 Å². The minimum absolute atomic E-state index is 0. The Morgan fingerprint density at radius 1 is 1.06 bits per heavy atom. The fourth-order valence-electron chi connectivity index (χ4n) is 6.14. The van der Waals surface area contributed by atoms with Gasteiger partial charge in [0.25, 0.3) is 0 Å². The van der Waals surface area contributed by atoms with E-state index in [9.17, 15) is 18.3 Å². The zero-order valence-corrected chi connectivity index (χ0v) is 21.6. The third kappa shape index (κ3) is 7.63. The van der Waals surface area contributed by atoms with E-state index in [1.807, 2.05) is 6.07 Å². The largest absolute Gasteiger partial charge is 0.573 e. The number of rotatable bonds is 6. The summed E-state index contributed by atoms with van der Waals surface area (Å²) in [7, 11) is 0. The first kappa shape index (κ1) is 29.5. The Hall–Kier alpha value is -0.730. The third-order valence-corrected chi connectivity index (χ3v) is 7.82. The van der Waals surface area contributed by atoms with E-state index >= 15 is 0 Å². The second-order valence-corrected chi connectivity index (χ2v) is 10.3. The van der Waals surface area contributed by atoms with Gasteiger partial charge in [-0.3, -0.25) is 0 Å². The van der Waals surface area contributed by atoms with E-state index in [1.165, 1.54) is 44.5 Å². The van der Waals surface area contributed by atoms with E-state index < -0.39 is 12.0 Å². The molecule has 1 N–H and O–H groups in total. The molecule has 196 valence electrons. The van der Waals surface area contributed by atoms with Gasteiger partial charge in [0.1, 0.15) is 5.75 Å². The van der Waals surface area contributed by atoms with E-state index in [4.69, 9.17) is 0 Å². The molecule has 1 aliphatic carbocycles. The molecule has 1 aromatic rings. The SMILES string of the molecule is C[C@@H]1CCC(O)(C(CN2CCC(N3CCCCC3)CC2)c2cccc(OC(F)(F)F)c2)C1.Cl.Cl. The molecule has 1 saturated carbocycles. The number of alkyl halides is 3. The Bertz CT molecular complexity index is 756. The van der Waals surface area contributed by atoms with Crippen LogP contribution in [0.5, 0.6) is 5.75 Å². The Morgan fingerprint density at radius 2 is 1.74 bits per heavy atom. The third-order valence-electron chi connectivity index (χ3n) is 7.82. The lowest BCUT2D eigenvalue weighted by Crippen LogP contribution is -2.49. The number of aliphatic hydroxyl groups is 1. The van der Waals surface area contributed by atoms with Gasteiger partial charge in [-0.05, 0) is 94.7 Å². The van der Waals surface area contributed by atoms with E-state index in [0.29, 0.717) is 31.3 Å². The molecule has 0 bridgehead atoms. The van der Waals surface area contributed by atoms with Crippen molar-refractivity contribution in [1.29, 1.82) is 0 Å². The molecule has 9 heteroatoms. The molecule has 0 amide bonds. The average molecular weight is 527 g/mol. The van der Waals surface area contributed by atoms with Gasteiger partial charge in [0.15, 0.2) is 0 Å². The van der Waals surface area contributed by atoms with Crippen LogP contribution in [0.4, 0.5) is 13.2 Å². The minimum atomic E-state index is -4.72. The number of benzene rings is 1. The number of ether oxygens (including phenoxy) is 1. The zero-order chi connectivity index (χ0) is 22.8. The van der Waals surface area contributed by atoms with Gasteiger partial charge in [0.2, 0.25) is 0 Å². The molecule has 1 aromatic carbocycles. The summed E-state index contributed by atoms with van der Waals surface area (Å²) in [6, 6.07) is 6.89.